The molecular formula is C13H17F3N2O2S. The Morgan fingerprint density at radius 1 is 1.19 bits per heavy atom. The van der Waals surface area contributed by atoms with Crippen LogP contribution >= 0.6 is 0 Å². The second-order valence-corrected chi connectivity index (χ2v) is 6.72. The molecule has 1 aromatic carbocycles. The fourth-order valence-electron chi connectivity index (χ4n) is 1.84. The van der Waals surface area contributed by atoms with Gasteiger partial charge in [0.2, 0.25) is 10.0 Å². The molecule has 2 N–H and O–H groups in total. The molecule has 0 aliphatic heterocycles. The number of hydrogen-bond donors (Lipinski definition) is 2. The Balaban J connectivity index is 1.99. The van der Waals surface area contributed by atoms with Crippen molar-refractivity contribution >= 4 is 15.7 Å². The third-order valence-electron chi connectivity index (χ3n) is 3.03. The van der Waals surface area contributed by atoms with E-state index >= 15 is 0 Å². The summed E-state index contributed by atoms with van der Waals surface area (Å²) in [6, 6.07) is 6.20. The summed E-state index contributed by atoms with van der Waals surface area (Å²) in [6.07, 6.45) is -3.55. The number of benzene rings is 1. The molecule has 2 rings (SSSR count). The van der Waals surface area contributed by atoms with Crippen LogP contribution in [0.2, 0.25) is 0 Å². The lowest BCUT2D eigenvalue weighted by atomic mass is 10.2. The van der Waals surface area contributed by atoms with Crippen LogP contribution in [-0.2, 0) is 10.0 Å². The number of hydrogen-bond acceptors (Lipinski definition) is 3. The van der Waals surface area contributed by atoms with E-state index in [-0.39, 0.29) is 23.9 Å². The van der Waals surface area contributed by atoms with Gasteiger partial charge in [-0.05, 0) is 31.4 Å². The maximum absolute atomic E-state index is 12.2. The smallest absolute Gasteiger partial charge is 0.384 e. The van der Waals surface area contributed by atoms with E-state index in [0.717, 1.165) is 12.8 Å². The van der Waals surface area contributed by atoms with Crippen molar-refractivity contribution in [3.63, 3.8) is 0 Å². The van der Waals surface area contributed by atoms with Crippen LogP contribution in [0.5, 0.6) is 0 Å². The predicted molar refractivity (Wildman–Crippen MR) is 73.6 cm³/mol. The Labute approximate surface area is 121 Å². The van der Waals surface area contributed by atoms with E-state index in [1.54, 1.807) is 18.2 Å². The minimum absolute atomic E-state index is 0.0201. The zero-order valence-electron chi connectivity index (χ0n) is 11.3. The van der Waals surface area contributed by atoms with Crippen molar-refractivity contribution in [3.8, 4) is 0 Å². The highest BCUT2D eigenvalue weighted by molar-refractivity contribution is 7.89. The Hall–Kier alpha value is -1.28. The molecule has 1 aliphatic rings. The van der Waals surface area contributed by atoms with Crippen LogP contribution in [0, 0.1) is 0 Å². The van der Waals surface area contributed by atoms with Gasteiger partial charge in [0.15, 0.2) is 0 Å². The standard InChI is InChI=1S/C13H17F3N2O2S/c14-13(15,16)8-3-9-17-11-4-1-2-5-12(11)21(19,20)18-10-6-7-10/h1-2,4-5,10,17-18H,3,6-9H2. The average molecular weight is 322 g/mol. The van der Waals surface area contributed by atoms with Crippen LogP contribution in [-0.4, -0.2) is 27.2 Å². The summed E-state index contributed by atoms with van der Waals surface area (Å²) in [7, 11) is -3.63. The molecule has 0 saturated heterocycles. The minimum atomic E-state index is -4.19. The van der Waals surface area contributed by atoms with E-state index in [9.17, 15) is 21.6 Å². The van der Waals surface area contributed by atoms with Crippen LogP contribution in [0.25, 0.3) is 0 Å². The summed E-state index contributed by atoms with van der Waals surface area (Å²) in [5, 5.41) is 2.77. The molecule has 0 atom stereocenters. The van der Waals surface area contributed by atoms with E-state index in [4.69, 9.17) is 0 Å². The van der Waals surface area contributed by atoms with Crippen molar-refractivity contribution < 1.29 is 21.6 Å². The predicted octanol–water partition coefficient (Wildman–Crippen LogP) is 2.88. The number of para-hydroxylation sites is 1. The zero-order chi connectivity index (χ0) is 15.5. The lowest BCUT2D eigenvalue weighted by Gasteiger charge is -2.13. The van der Waals surface area contributed by atoms with E-state index in [0.29, 0.717) is 5.69 Å². The van der Waals surface area contributed by atoms with Gasteiger partial charge in [0.05, 0.1) is 5.69 Å². The van der Waals surface area contributed by atoms with Gasteiger partial charge in [0, 0.05) is 19.0 Å². The molecule has 0 aromatic heterocycles. The molecule has 1 aromatic rings. The van der Waals surface area contributed by atoms with Crippen molar-refractivity contribution in [2.24, 2.45) is 0 Å². The molecule has 0 radical (unpaired) electrons. The van der Waals surface area contributed by atoms with Crippen molar-refractivity contribution in [3.05, 3.63) is 24.3 Å². The molecule has 4 nitrogen and oxygen atoms in total. The number of halogens is 3. The fourth-order valence-corrected chi connectivity index (χ4v) is 3.33. The summed E-state index contributed by atoms with van der Waals surface area (Å²) < 4.78 is 63.1. The number of sulfonamides is 1. The molecule has 1 aliphatic carbocycles. The Kier molecular flexibility index (Phi) is 4.77. The van der Waals surface area contributed by atoms with Crippen LogP contribution in [0.15, 0.2) is 29.2 Å². The summed E-state index contributed by atoms with van der Waals surface area (Å²) in [6.45, 7) is 0.0650. The highest BCUT2D eigenvalue weighted by Crippen LogP contribution is 2.26. The molecule has 1 fully saturated rings. The third-order valence-corrected chi connectivity index (χ3v) is 4.61. The van der Waals surface area contributed by atoms with Gasteiger partial charge in [-0.1, -0.05) is 12.1 Å². The first-order valence-electron chi connectivity index (χ1n) is 6.70. The summed E-state index contributed by atoms with van der Waals surface area (Å²) in [4.78, 5) is 0.0731. The number of alkyl halides is 3. The lowest BCUT2D eigenvalue weighted by molar-refractivity contribution is -0.134. The topological polar surface area (TPSA) is 58.2 Å². The summed E-state index contributed by atoms with van der Waals surface area (Å²) >= 11 is 0. The second kappa shape index (κ2) is 6.23. The Morgan fingerprint density at radius 2 is 1.86 bits per heavy atom. The number of nitrogens with one attached hydrogen (secondary N) is 2. The number of anilines is 1. The maximum atomic E-state index is 12.2. The van der Waals surface area contributed by atoms with Crippen molar-refractivity contribution in [1.82, 2.24) is 4.72 Å². The first-order chi connectivity index (χ1) is 9.78. The molecule has 0 bridgehead atoms. The van der Waals surface area contributed by atoms with E-state index in [1.807, 2.05) is 0 Å². The molecule has 21 heavy (non-hydrogen) atoms. The monoisotopic (exact) mass is 322 g/mol. The average Bonchev–Trinajstić information content (AvgIpc) is 3.17. The van der Waals surface area contributed by atoms with Gasteiger partial charge in [-0.25, -0.2) is 13.1 Å². The van der Waals surface area contributed by atoms with Gasteiger partial charge in [0.25, 0.3) is 0 Å². The van der Waals surface area contributed by atoms with Gasteiger partial charge in [-0.15, -0.1) is 0 Å². The Bertz CT molecular complexity index is 583. The quantitative estimate of drug-likeness (QED) is 0.759. The molecule has 118 valence electrons. The summed E-state index contributed by atoms with van der Waals surface area (Å²) in [5.41, 5.74) is 0.327. The van der Waals surface area contributed by atoms with Crippen LogP contribution < -0.4 is 10.0 Å². The first kappa shape index (κ1) is 16.1. The largest absolute Gasteiger partial charge is 0.389 e. The van der Waals surface area contributed by atoms with Gasteiger partial charge >= 0.3 is 6.18 Å². The highest BCUT2D eigenvalue weighted by atomic mass is 32.2. The van der Waals surface area contributed by atoms with E-state index < -0.39 is 22.6 Å². The van der Waals surface area contributed by atoms with Crippen LogP contribution in [0.4, 0.5) is 18.9 Å². The van der Waals surface area contributed by atoms with E-state index in [2.05, 4.69) is 10.0 Å². The third kappa shape index (κ3) is 5.20. The van der Waals surface area contributed by atoms with Crippen molar-refractivity contribution in [1.29, 1.82) is 0 Å². The van der Waals surface area contributed by atoms with Gasteiger partial charge in [-0.2, -0.15) is 13.2 Å². The van der Waals surface area contributed by atoms with Gasteiger partial charge in [0.1, 0.15) is 4.90 Å². The molecule has 0 heterocycles. The van der Waals surface area contributed by atoms with Gasteiger partial charge < -0.3 is 5.32 Å². The second-order valence-electron chi connectivity index (χ2n) is 5.04. The summed E-state index contributed by atoms with van der Waals surface area (Å²) in [5.74, 6) is 0. The van der Waals surface area contributed by atoms with Crippen molar-refractivity contribution in [2.75, 3.05) is 11.9 Å². The molecule has 1 saturated carbocycles. The van der Waals surface area contributed by atoms with Crippen molar-refractivity contribution in [2.45, 2.75) is 42.8 Å². The minimum Gasteiger partial charge on any atom is -0.384 e. The molecule has 0 unspecified atom stereocenters. The normalized spacial score (nSPS) is 16.0. The SMILES string of the molecule is O=S(=O)(NC1CC1)c1ccccc1NCCCC(F)(F)F. The Morgan fingerprint density at radius 3 is 2.48 bits per heavy atom. The number of rotatable bonds is 7. The molecular weight excluding hydrogens is 305 g/mol. The zero-order valence-corrected chi connectivity index (χ0v) is 12.1. The van der Waals surface area contributed by atoms with Gasteiger partial charge in [-0.3, -0.25) is 0 Å². The van der Waals surface area contributed by atoms with Crippen LogP contribution in [0.3, 0.4) is 0 Å². The molecule has 8 heteroatoms. The molecule has 0 amide bonds. The molecule has 0 spiro atoms. The maximum Gasteiger partial charge on any atom is 0.389 e. The lowest BCUT2D eigenvalue weighted by Crippen LogP contribution is -2.26. The fraction of sp³-hybridized carbons (Fsp3) is 0.538. The van der Waals surface area contributed by atoms with Crippen LogP contribution in [0.1, 0.15) is 25.7 Å². The highest BCUT2D eigenvalue weighted by Gasteiger charge is 2.29. The van der Waals surface area contributed by atoms with E-state index in [1.165, 1.54) is 6.07 Å². The first-order valence-corrected chi connectivity index (χ1v) is 8.18.